The van der Waals surface area contributed by atoms with Gasteiger partial charge in [-0.2, -0.15) is 0 Å². The van der Waals surface area contributed by atoms with Crippen molar-refractivity contribution in [3.63, 3.8) is 0 Å². The maximum absolute atomic E-state index is 12.7. The molecule has 5 heteroatoms. The zero-order chi connectivity index (χ0) is 14.5. The number of carbonyl (C=O) groups excluding carboxylic acids is 2. The zero-order valence-corrected chi connectivity index (χ0v) is 12.6. The monoisotopic (exact) mass is 282 g/mol. The van der Waals surface area contributed by atoms with E-state index >= 15 is 0 Å². The molecule has 0 saturated carbocycles. The van der Waals surface area contributed by atoms with E-state index in [0.717, 1.165) is 45.2 Å². The molecule has 0 aromatic rings. The molecule has 3 unspecified atom stereocenters. The van der Waals surface area contributed by atoms with E-state index in [1.54, 1.807) is 0 Å². The molecule has 2 heterocycles. The Morgan fingerprint density at radius 2 is 2.10 bits per heavy atom. The maximum Gasteiger partial charge on any atom is 0.307 e. The standard InChI is InChI=1S/C15H26N2O3/c1-11-9-12(6-7-16-11)15(19)17-8-4-3-5-13(17)10-14(18)20-2/h11-13,16H,3-10H2,1-2H3. The van der Waals surface area contributed by atoms with Gasteiger partial charge in [-0.1, -0.05) is 0 Å². The minimum Gasteiger partial charge on any atom is -0.469 e. The fourth-order valence-electron chi connectivity index (χ4n) is 3.37. The average Bonchev–Trinajstić information content (AvgIpc) is 2.47. The first-order valence-electron chi connectivity index (χ1n) is 7.72. The molecule has 2 aliphatic rings. The largest absolute Gasteiger partial charge is 0.469 e. The summed E-state index contributed by atoms with van der Waals surface area (Å²) in [7, 11) is 1.41. The summed E-state index contributed by atoms with van der Waals surface area (Å²) in [6.45, 7) is 3.83. The van der Waals surface area contributed by atoms with Crippen molar-refractivity contribution in [2.75, 3.05) is 20.2 Å². The van der Waals surface area contributed by atoms with Crippen LogP contribution in [-0.2, 0) is 14.3 Å². The van der Waals surface area contributed by atoms with Crippen molar-refractivity contribution >= 4 is 11.9 Å². The van der Waals surface area contributed by atoms with Crippen LogP contribution in [0.25, 0.3) is 0 Å². The van der Waals surface area contributed by atoms with E-state index in [1.165, 1.54) is 7.11 Å². The number of piperidine rings is 2. The predicted octanol–water partition coefficient (Wildman–Crippen LogP) is 1.32. The second-order valence-corrected chi connectivity index (χ2v) is 6.04. The Kier molecular flexibility index (Phi) is 5.40. The number of rotatable bonds is 3. The number of esters is 1. The van der Waals surface area contributed by atoms with Crippen LogP contribution in [-0.4, -0.2) is 49.1 Å². The molecule has 1 amide bonds. The van der Waals surface area contributed by atoms with Gasteiger partial charge in [-0.15, -0.1) is 0 Å². The number of hydrogen-bond acceptors (Lipinski definition) is 4. The van der Waals surface area contributed by atoms with E-state index in [1.807, 2.05) is 4.90 Å². The predicted molar refractivity (Wildman–Crippen MR) is 76.2 cm³/mol. The van der Waals surface area contributed by atoms with E-state index < -0.39 is 0 Å². The van der Waals surface area contributed by atoms with Crippen LogP contribution in [0.5, 0.6) is 0 Å². The first-order chi connectivity index (χ1) is 9.61. The summed E-state index contributed by atoms with van der Waals surface area (Å²) in [5.74, 6) is 0.143. The lowest BCUT2D eigenvalue weighted by Crippen LogP contribution is -2.50. The van der Waals surface area contributed by atoms with Gasteiger partial charge >= 0.3 is 5.97 Å². The number of nitrogens with zero attached hydrogens (tertiary/aromatic N) is 1. The molecule has 2 saturated heterocycles. The minimum absolute atomic E-state index is 0.0360. The second-order valence-electron chi connectivity index (χ2n) is 6.04. The van der Waals surface area contributed by atoms with Crippen LogP contribution < -0.4 is 5.32 Å². The highest BCUT2D eigenvalue weighted by Crippen LogP contribution is 2.26. The Balaban J connectivity index is 1.99. The van der Waals surface area contributed by atoms with Crippen LogP contribution in [0.15, 0.2) is 0 Å². The third kappa shape index (κ3) is 3.72. The van der Waals surface area contributed by atoms with Gasteiger partial charge in [0.25, 0.3) is 0 Å². The lowest BCUT2D eigenvalue weighted by atomic mass is 9.89. The Bertz CT molecular complexity index is 359. The van der Waals surface area contributed by atoms with Crippen molar-refractivity contribution < 1.29 is 14.3 Å². The number of nitrogens with one attached hydrogen (secondary N) is 1. The van der Waals surface area contributed by atoms with E-state index in [2.05, 4.69) is 12.2 Å². The van der Waals surface area contributed by atoms with Crippen LogP contribution >= 0.6 is 0 Å². The summed E-state index contributed by atoms with van der Waals surface area (Å²) in [4.78, 5) is 26.2. The van der Waals surface area contributed by atoms with Crippen molar-refractivity contribution in [1.29, 1.82) is 0 Å². The van der Waals surface area contributed by atoms with Crippen LogP contribution in [0.2, 0.25) is 0 Å². The van der Waals surface area contributed by atoms with Gasteiger partial charge in [0.2, 0.25) is 5.91 Å². The zero-order valence-electron chi connectivity index (χ0n) is 12.6. The number of hydrogen-bond donors (Lipinski definition) is 1. The fraction of sp³-hybridized carbons (Fsp3) is 0.867. The van der Waals surface area contributed by atoms with Gasteiger partial charge in [0.1, 0.15) is 0 Å². The molecule has 114 valence electrons. The Labute approximate surface area is 121 Å². The summed E-state index contributed by atoms with van der Waals surface area (Å²) in [5.41, 5.74) is 0. The molecule has 3 atom stereocenters. The molecule has 0 aliphatic carbocycles. The van der Waals surface area contributed by atoms with Crippen molar-refractivity contribution in [3.05, 3.63) is 0 Å². The first kappa shape index (κ1) is 15.3. The average molecular weight is 282 g/mol. The lowest BCUT2D eigenvalue weighted by molar-refractivity contribution is -0.146. The maximum atomic E-state index is 12.7. The fourth-order valence-corrected chi connectivity index (χ4v) is 3.37. The number of ether oxygens (including phenoxy) is 1. The number of methoxy groups -OCH3 is 1. The summed E-state index contributed by atoms with van der Waals surface area (Å²) in [6.07, 6.45) is 5.20. The summed E-state index contributed by atoms with van der Waals surface area (Å²) in [6, 6.07) is 0.440. The molecule has 20 heavy (non-hydrogen) atoms. The van der Waals surface area contributed by atoms with Gasteiger partial charge in [-0.3, -0.25) is 9.59 Å². The first-order valence-corrected chi connectivity index (χ1v) is 7.72. The Morgan fingerprint density at radius 3 is 2.80 bits per heavy atom. The molecule has 2 aliphatic heterocycles. The topological polar surface area (TPSA) is 58.6 Å². The van der Waals surface area contributed by atoms with Crippen LogP contribution in [0, 0.1) is 5.92 Å². The molecule has 0 aromatic carbocycles. The van der Waals surface area contributed by atoms with Crippen molar-refractivity contribution in [2.24, 2.45) is 5.92 Å². The van der Waals surface area contributed by atoms with Crippen LogP contribution in [0.3, 0.4) is 0 Å². The van der Waals surface area contributed by atoms with Crippen LogP contribution in [0.1, 0.15) is 45.4 Å². The van der Waals surface area contributed by atoms with Gasteiger partial charge in [0.15, 0.2) is 0 Å². The Hall–Kier alpha value is -1.10. The van der Waals surface area contributed by atoms with Gasteiger partial charge in [-0.25, -0.2) is 0 Å². The molecule has 0 bridgehead atoms. The van der Waals surface area contributed by atoms with E-state index in [0.29, 0.717) is 12.5 Å². The van der Waals surface area contributed by atoms with Gasteiger partial charge < -0.3 is 15.0 Å². The summed E-state index contributed by atoms with van der Waals surface area (Å²) >= 11 is 0. The van der Waals surface area contributed by atoms with Crippen molar-refractivity contribution in [1.82, 2.24) is 10.2 Å². The summed E-state index contributed by atoms with van der Waals surface area (Å²) in [5, 5.41) is 3.38. The second kappa shape index (κ2) is 7.07. The molecular weight excluding hydrogens is 256 g/mol. The molecule has 0 spiro atoms. The highest BCUT2D eigenvalue weighted by atomic mass is 16.5. The quantitative estimate of drug-likeness (QED) is 0.793. The van der Waals surface area contributed by atoms with E-state index in [-0.39, 0.29) is 23.8 Å². The highest BCUT2D eigenvalue weighted by molar-refractivity contribution is 5.80. The third-order valence-electron chi connectivity index (χ3n) is 4.51. The smallest absolute Gasteiger partial charge is 0.307 e. The van der Waals surface area contributed by atoms with Crippen molar-refractivity contribution in [2.45, 2.75) is 57.5 Å². The SMILES string of the molecule is COC(=O)CC1CCCCN1C(=O)C1CCNC(C)C1. The number of amides is 1. The molecular formula is C15H26N2O3. The van der Waals surface area contributed by atoms with Crippen LogP contribution in [0.4, 0.5) is 0 Å². The summed E-state index contributed by atoms with van der Waals surface area (Å²) < 4.78 is 4.76. The Morgan fingerprint density at radius 1 is 1.30 bits per heavy atom. The molecule has 1 N–H and O–H groups in total. The number of likely N-dealkylation sites (tertiary alicyclic amines) is 1. The van der Waals surface area contributed by atoms with E-state index in [4.69, 9.17) is 4.74 Å². The molecule has 2 rings (SSSR count). The van der Waals surface area contributed by atoms with Crippen molar-refractivity contribution in [3.8, 4) is 0 Å². The number of carbonyl (C=O) groups is 2. The molecule has 0 aromatic heterocycles. The molecule has 5 nitrogen and oxygen atoms in total. The van der Waals surface area contributed by atoms with Gasteiger partial charge in [0, 0.05) is 24.5 Å². The lowest BCUT2D eigenvalue weighted by Gasteiger charge is -2.39. The normalized spacial score (nSPS) is 30.9. The van der Waals surface area contributed by atoms with Gasteiger partial charge in [-0.05, 0) is 45.6 Å². The highest BCUT2D eigenvalue weighted by Gasteiger charge is 2.34. The van der Waals surface area contributed by atoms with E-state index in [9.17, 15) is 9.59 Å². The molecule has 2 fully saturated rings. The van der Waals surface area contributed by atoms with Gasteiger partial charge in [0.05, 0.1) is 13.5 Å². The third-order valence-corrected chi connectivity index (χ3v) is 4.51. The molecule has 0 radical (unpaired) electrons. The minimum atomic E-state index is -0.214.